The van der Waals surface area contributed by atoms with E-state index in [2.05, 4.69) is 18.7 Å². The summed E-state index contributed by atoms with van der Waals surface area (Å²) < 4.78 is 0. The molecule has 2 N–H and O–H groups in total. The zero-order valence-corrected chi connectivity index (χ0v) is 7.06. The van der Waals surface area contributed by atoms with Gasteiger partial charge < -0.3 is 5.73 Å². The minimum absolute atomic E-state index is 0.314. The van der Waals surface area contributed by atoms with E-state index in [1.807, 2.05) is 0 Å². The highest BCUT2D eigenvalue weighted by atomic mass is 15.2. The van der Waals surface area contributed by atoms with Gasteiger partial charge in [-0.1, -0.05) is 6.92 Å². The highest BCUT2D eigenvalue weighted by Crippen LogP contribution is 2.26. The van der Waals surface area contributed by atoms with E-state index in [4.69, 9.17) is 5.73 Å². The lowest BCUT2D eigenvalue weighted by Gasteiger charge is -2.32. The van der Waals surface area contributed by atoms with Gasteiger partial charge in [-0.15, -0.1) is 0 Å². The predicted molar refractivity (Wildman–Crippen MR) is 43.9 cm³/mol. The number of rotatable bonds is 2. The molecule has 1 fully saturated rings. The van der Waals surface area contributed by atoms with Gasteiger partial charge >= 0.3 is 0 Å². The summed E-state index contributed by atoms with van der Waals surface area (Å²) in [5.74, 6) is 0. The summed E-state index contributed by atoms with van der Waals surface area (Å²) in [6.07, 6.45) is 2.60. The number of nitrogens with zero attached hydrogens (tertiary/aromatic N) is 1. The summed E-state index contributed by atoms with van der Waals surface area (Å²) in [6.45, 7) is 7.67. The monoisotopic (exact) mass is 142 g/mol. The fourth-order valence-corrected chi connectivity index (χ4v) is 1.85. The van der Waals surface area contributed by atoms with Gasteiger partial charge in [0, 0.05) is 12.1 Å². The zero-order valence-electron chi connectivity index (χ0n) is 7.06. The molecule has 2 nitrogen and oxygen atoms in total. The Morgan fingerprint density at radius 1 is 1.60 bits per heavy atom. The lowest BCUT2D eigenvalue weighted by molar-refractivity contribution is 0.172. The van der Waals surface area contributed by atoms with E-state index in [1.54, 1.807) is 0 Å². The summed E-state index contributed by atoms with van der Waals surface area (Å²) in [6, 6.07) is 0. The molecule has 0 aliphatic carbocycles. The Labute approximate surface area is 63.4 Å². The van der Waals surface area contributed by atoms with Crippen molar-refractivity contribution < 1.29 is 0 Å². The van der Waals surface area contributed by atoms with Gasteiger partial charge in [0.05, 0.1) is 0 Å². The van der Waals surface area contributed by atoms with Crippen molar-refractivity contribution in [1.82, 2.24) is 4.90 Å². The van der Waals surface area contributed by atoms with Crippen LogP contribution in [-0.4, -0.2) is 30.1 Å². The Kier molecular flexibility index (Phi) is 2.32. The van der Waals surface area contributed by atoms with Gasteiger partial charge in [0.2, 0.25) is 0 Å². The normalized spacial score (nSPS) is 35.1. The maximum atomic E-state index is 5.69. The van der Waals surface area contributed by atoms with Crippen molar-refractivity contribution in [2.45, 2.75) is 32.2 Å². The van der Waals surface area contributed by atoms with Crippen molar-refractivity contribution in [1.29, 1.82) is 0 Å². The molecule has 60 valence electrons. The Morgan fingerprint density at radius 2 is 2.30 bits per heavy atom. The molecule has 0 amide bonds. The molecule has 0 saturated carbocycles. The number of hydrogen-bond acceptors (Lipinski definition) is 2. The van der Waals surface area contributed by atoms with Crippen LogP contribution in [0.2, 0.25) is 0 Å². The Hall–Kier alpha value is -0.0800. The van der Waals surface area contributed by atoms with Crippen LogP contribution in [0.3, 0.4) is 0 Å². The first-order valence-corrected chi connectivity index (χ1v) is 4.18. The van der Waals surface area contributed by atoms with Crippen LogP contribution in [0.25, 0.3) is 0 Å². The fraction of sp³-hybridized carbons (Fsp3) is 1.00. The van der Waals surface area contributed by atoms with Crippen LogP contribution < -0.4 is 5.73 Å². The molecule has 1 heterocycles. The summed E-state index contributed by atoms with van der Waals surface area (Å²) in [5, 5.41) is 0. The molecule has 0 radical (unpaired) electrons. The van der Waals surface area contributed by atoms with Gasteiger partial charge in [0.15, 0.2) is 0 Å². The van der Waals surface area contributed by atoms with E-state index in [-0.39, 0.29) is 0 Å². The molecular weight excluding hydrogens is 124 g/mol. The molecule has 1 rings (SSSR count). The maximum absolute atomic E-state index is 5.69. The van der Waals surface area contributed by atoms with E-state index in [0.29, 0.717) is 5.54 Å². The second kappa shape index (κ2) is 2.89. The first kappa shape index (κ1) is 8.02. The molecular formula is C8H18N2. The number of likely N-dealkylation sites (N-methyl/N-ethyl adjacent to an activating group) is 1. The fourth-order valence-electron chi connectivity index (χ4n) is 1.85. The van der Waals surface area contributed by atoms with Gasteiger partial charge in [-0.05, 0) is 32.9 Å². The van der Waals surface area contributed by atoms with Gasteiger partial charge in [-0.25, -0.2) is 0 Å². The molecule has 1 aliphatic rings. The molecule has 2 heteroatoms. The van der Waals surface area contributed by atoms with E-state index in [0.717, 1.165) is 13.1 Å². The molecule has 1 unspecified atom stereocenters. The van der Waals surface area contributed by atoms with Gasteiger partial charge in [-0.2, -0.15) is 0 Å². The Balaban J connectivity index is 2.56. The third-order valence-electron chi connectivity index (χ3n) is 2.73. The second-order valence-corrected chi connectivity index (χ2v) is 3.38. The summed E-state index contributed by atoms with van der Waals surface area (Å²) >= 11 is 0. The topological polar surface area (TPSA) is 29.3 Å². The second-order valence-electron chi connectivity index (χ2n) is 3.38. The van der Waals surface area contributed by atoms with Crippen LogP contribution in [-0.2, 0) is 0 Å². The third-order valence-corrected chi connectivity index (χ3v) is 2.73. The summed E-state index contributed by atoms with van der Waals surface area (Å²) in [4.78, 5) is 2.48. The van der Waals surface area contributed by atoms with E-state index in [1.165, 1.54) is 19.4 Å². The van der Waals surface area contributed by atoms with Crippen LogP contribution >= 0.6 is 0 Å². The summed E-state index contributed by atoms with van der Waals surface area (Å²) in [5.41, 5.74) is 6.01. The molecule has 1 aliphatic heterocycles. The largest absolute Gasteiger partial charge is 0.329 e. The lowest BCUT2D eigenvalue weighted by atomic mass is 9.99. The molecule has 1 atom stereocenters. The Bertz CT molecular complexity index is 114. The first-order chi connectivity index (χ1) is 4.73. The van der Waals surface area contributed by atoms with Crippen molar-refractivity contribution in [2.75, 3.05) is 19.6 Å². The smallest absolute Gasteiger partial charge is 0.0303 e. The number of hydrogen-bond donors (Lipinski definition) is 1. The molecule has 10 heavy (non-hydrogen) atoms. The third kappa shape index (κ3) is 1.18. The van der Waals surface area contributed by atoms with Crippen molar-refractivity contribution in [3.05, 3.63) is 0 Å². The molecule has 0 bridgehead atoms. The highest BCUT2D eigenvalue weighted by Gasteiger charge is 2.33. The van der Waals surface area contributed by atoms with Crippen LogP contribution in [0, 0.1) is 0 Å². The van der Waals surface area contributed by atoms with Gasteiger partial charge in [0.1, 0.15) is 0 Å². The molecule has 1 saturated heterocycles. The van der Waals surface area contributed by atoms with Crippen LogP contribution in [0.4, 0.5) is 0 Å². The zero-order chi connectivity index (χ0) is 7.61. The first-order valence-electron chi connectivity index (χ1n) is 4.18. The van der Waals surface area contributed by atoms with Crippen molar-refractivity contribution in [3.8, 4) is 0 Å². The maximum Gasteiger partial charge on any atom is 0.0303 e. The Morgan fingerprint density at radius 3 is 2.70 bits per heavy atom. The SMILES string of the molecule is CCN1CCCC1(C)CN. The number of nitrogens with two attached hydrogens (primary N) is 1. The van der Waals surface area contributed by atoms with Gasteiger partial charge in [-0.3, -0.25) is 4.90 Å². The lowest BCUT2D eigenvalue weighted by Crippen LogP contribution is -2.46. The minimum Gasteiger partial charge on any atom is -0.329 e. The average Bonchev–Trinajstić information content (AvgIpc) is 2.32. The van der Waals surface area contributed by atoms with Crippen molar-refractivity contribution >= 4 is 0 Å². The average molecular weight is 142 g/mol. The predicted octanol–water partition coefficient (Wildman–Crippen LogP) is 0.820. The van der Waals surface area contributed by atoms with E-state index in [9.17, 15) is 0 Å². The van der Waals surface area contributed by atoms with E-state index >= 15 is 0 Å². The van der Waals surface area contributed by atoms with Gasteiger partial charge in [0.25, 0.3) is 0 Å². The molecule has 0 aromatic carbocycles. The quantitative estimate of drug-likeness (QED) is 0.618. The van der Waals surface area contributed by atoms with E-state index < -0.39 is 0 Å². The minimum atomic E-state index is 0.314. The van der Waals surface area contributed by atoms with Crippen molar-refractivity contribution in [3.63, 3.8) is 0 Å². The highest BCUT2D eigenvalue weighted by molar-refractivity contribution is 4.91. The van der Waals surface area contributed by atoms with Crippen LogP contribution in [0.5, 0.6) is 0 Å². The van der Waals surface area contributed by atoms with Crippen LogP contribution in [0.1, 0.15) is 26.7 Å². The van der Waals surface area contributed by atoms with Crippen molar-refractivity contribution in [2.24, 2.45) is 5.73 Å². The molecule has 0 spiro atoms. The summed E-state index contributed by atoms with van der Waals surface area (Å²) in [7, 11) is 0. The number of likely N-dealkylation sites (tertiary alicyclic amines) is 1. The van der Waals surface area contributed by atoms with Crippen LogP contribution in [0.15, 0.2) is 0 Å². The molecule has 0 aromatic rings. The molecule has 0 aromatic heterocycles. The standard InChI is InChI=1S/C8H18N2/c1-3-10-6-4-5-8(10,2)7-9/h3-7,9H2,1-2H3.